The maximum absolute atomic E-state index is 10.5. The van der Waals surface area contributed by atoms with E-state index >= 15 is 0 Å². The number of carboxylic acid groups (broad SMARTS) is 1. The first kappa shape index (κ1) is 17.9. The molecule has 1 saturated carbocycles. The number of pyridine rings is 1. The molecule has 0 atom stereocenters. The second kappa shape index (κ2) is 8.99. The summed E-state index contributed by atoms with van der Waals surface area (Å²) in [4.78, 5) is 17.6. The van der Waals surface area contributed by atoms with Gasteiger partial charge in [-0.3, -0.25) is 0 Å². The Kier molecular flexibility index (Phi) is 6.45. The van der Waals surface area contributed by atoms with Crippen molar-refractivity contribution in [1.82, 2.24) is 9.88 Å². The van der Waals surface area contributed by atoms with Gasteiger partial charge in [-0.1, -0.05) is 19.3 Å². The highest BCUT2D eigenvalue weighted by Crippen LogP contribution is 2.26. The van der Waals surface area contributed by atoms with Gasteiger partial charge < -0.3 is 15.3 Å². The van der Waals surface area contributed by atoms with Gasteiger partial charge in [0, 0.05) is 37.9 Å². The molecular formula is C20H29N3O2. The summed E-state index contributed by atoms with van der Waals surface area (Å²) in [6.07, 6.45) is 13.8. The number of hydrogen-bond donors (Lipinski definition) is 2. The molecule has 5 nitrogen and oxygen atoms in total. The van der Waals surface area contributed by atoms with Gasteiger partial charge in [0.2, 0.25) is 0 Å². The third kappa shape index (κ3) is 5.85. The monoisotopic (exact) mass is 343 g/mol. The molecule has 1 saturated heterocycles. The summed E-state index contributed by atoms with van der Waals surface area (Å²) >= 11 is 0. The highest BCUT2D eigenvalue weighted by atomic mass is 16.4. The zero-order valence-electron chi connectivity index (χ0n) is 14.9. The van der Waals surface area contributed by atoms with Crippen molar-refractivity contribution in [3.8, 4) is 0 Å². The van der Waals surface area contributed by atoms with Crippen molar-refractivity contribution < 1.29 is 9.90 Å². The number of nitrogens with one attached hydrogen (secondary N) is 1. The van der Waals surface area contributed by atoms with Crippen molar-refractivity contribution in [3.63, 3.8) is 0 Å². The standard InChI is InChI=1S/C20H29N3O2/c24-20(25)9-7-16-6-8-19(21-14-16)22-18-10-12-23(13-11-18)15-17-4-2-1-3-5-17/h6-9,14,17-18H,1-5,10-13,15H2,(H,21,22)(H,24,25). The van der Waals surface area contributed by atoms with Gasteiger partial charge in [-0.05, 0) is 55.4 Å². The first-order valence-corrected chi connectivity index (χ1v) is 9.55. The number of carbonyl (C=O) groups is 1. The molecule has 2 fully saturated rings. The van der Waals surface area contributed by atoms with Gasteiger partial charge >= 0.3 is 5.97 Å². The van der Waals surface area contributed by atoms with Crippen LogP contribution < -0.4 is 5.32 Å². The molecule has 0 radical (unpaired) electrons. The van der Waals surface area contributed by atoms with Crippen LogP contribution in [-0.4, -0.2) is 46.6 Å². The summed E-state index contributed by atoms with van der Waals surface area (Å²) in [5.74, 6) is 0.853. The molecule has 2 heterocycles. The van der Waals surface area contributed by atoms with E-state index in [4.69, 9.17) is 5.11 Å². The van der Waals surface area contributed by atoms with Gasteiger partial charge in [-0.25, -0.2) is 9.78 Å². The maximum Gasteiger partial charge on any atom is 0.328 e. The molecule has 1 aromatic rings. The Morgan fingerprint density at radius 2 is 1.96 bits per heavy atom. The molecule has 0 amide bonds. The average molecular weight is 343 g/mol. The number of anilines is 1. The molecule has 25 heavy (non-hydrogen) atoms. The molecule has 3 rings (SSSR count). The molecule has 1 aromatic heterocycles. The predicted octanol–water partition coefficient (Wildman–Crippen LogP) is 3.64. The van der Waals surface area contributed by atoms with Crippen molar-refractivity contribution in [2.24, 2.45) is 5.92 Å². The van der Waals surface area contributed by atoms with Crippen LogP contribution in [0.3, 0.4) is 0 Å². The third-order valence-corrected chi connectivity index (χ3v) is 5.39. The van der Waals surface area contributed by atoms with E-state index in [0.717, 1.165) is 36.2 Å². The summed E-state index contributed by atoms with van der Waals surface area (Å²) < 4.78 is 0. The smallest absolute Gasteiger partial charge is 0.328 e. The minimum Gasteiger partial charge on any atom is -0.478 e. The van der Waals surface area contributed by atoms with E-state index in [1.165, 1.54) is 51.7 Å². The molecule has 0 aromatic carbocycles. The van der Waals surface area contributed by atoms with E-state index < -0.39 is 5.97 Å². The second-order valence-electron chi connectivity index (χ2n) is 7.37. The van der Waals surface area contributed by atoms with Gasteiger partial charge in [0.05, 0.1) is 0 Å². The van der Waals surface area contributed by atoms with Crippen LogP contribution in [0.5, 0.6) is 0 Å². The lowest BCUT2D eigenvalue weighted by Crippen LogP contribution is -2.41. The van der Waals surface area contributed by atoms with Crippen LogP contribution >= 0.6 is 0 Å². The zero-order valence-corrected chi connectivity index (χ0v) is 14.9. The van der Waals surface area contributed by atoms with Crippen molar-refractivity contribution in [3.05, 3.63) is 30.0 Å². The SMILES string of the molecule is O=C(O)C=Cc1ccc(NC2CCN(CC3CCCCC3)CC2)nc1. The van der Waals surface area contributed by atoms with E-state index in [1.807, 2.05) is 12.1 Å². The second-order valence-corrected chi connectivity index (χ2v) is 7.37. The van der Waals surface area contributed by atoms with Crippen molar-refractivity contribution in [2.75, 3.05) is 25.0 Å². The first-order chi connectivity index (χ1) is 12.2. The van der Waals surface area contributed by atoms with E-state index in [9.17, 15) is 4.79 Å². The van der Waals surface area contributed by atoms with Gasteiger partial charge in [0.1, 0.15) is 5.82 Å². The molecule has 2 aliphatic rings. The van der Waals surface area contributed by atoms with Crippen molar-refractivity contribution in [1.29, 1.82) is 0 Å². The largest absolute Gasteiger partial charge is 0.478 e. The van der Waals surface area contributed by atoms with Gasteiger partial charge in [-0.2, -0.15) is 0 Å². The van der Waals surface area contributed by atoms with Crippen LogP contribution in [0, 0.1) is 5.92 Å². The van der Waals surface area contributed by atoms with Crippen LogP contribution in [0.4, 0.5) is 5.82 Å². The summed E-state index contributed by atoms with van der Waals surface area (Å²) in [5, 5.41) is 12.2. The molecule has 1 aliphatic heterocycles. The lowest BCUT2D eigenvalue weighted by atomic mass is 9.88. The average Bonchev–Trinajstić information content (AvgIpc) is 2.64. The Bertz CT molecular complexity index is 571. The fraction of sp³-hybridized carbons (Fsp3) is 0.600. The molecule has 0 unspecified atom stereocenters. The Hall–Kier alpha value is -1.88. The third-order valence-electron chi connectivity index (χ3n) is 5.39. The number of aromatic nitrogens is 1. The normalized spacial score (nSPS) is 20.8. The Labute approximate surface area is 150 Å². The lowest BCUT2D eigenvalue weighted by molar-refractivity contribution is -0.131. The number of piperidine rings is 1. The Balaban J connectivity index is 1.41. The highest BCUT2D eigenvalue weighted by Gasteiger charge is 2.22. The predicted molar refractivity (Wildman–Crippen MR) is 101 cm³/mol. The van der Waals surface area contributed by atoms with Crippen LogP contribution in [0.2, 0.25) is 0 Å². The summed E-state index contributed by atoms with van der Waals surface area (Å²) in [7, 11) is 0. The summed E-state index contributed by atoms with van der Waals surface area (Å²) in [5.41, 5.74) is 0.801. The highest BCUT2D eigenvalue weighted by molar-refractivity contribution is 5.85. The molecular weight excluding hydrogens is 314 g/mol. The number of hydrogen-bond acceptors (Lipinski definition) is 4. The van der Waals surface area contributed by atoms with E-state index in [2.05, 4.69) is 15.2 Å². The van der Waals surface area contributed by atoms with Crippen LogP contribution in [0.25, 0.3) is 6.08 Å². The molecule has 1 aliphatic carbocycles. The maximum atomic E-state index is 10.5. The van der Waals surface area contributed by atoms with Gasteiger partial charge in [0.25, 0.3) is 0 Å². The van der Waals surface area contributed by atoms with Crippen molar-refractivity contribution >= 4 is 17.9 Å². The Morgan fingerprint density at radius 3 is 2.60 bits per heavy atom. The molecule has 2 N–H and O–H groups in total. The van der Waals surface area contributed by atoms with Crippen LogP contribution in [0.15, 0.2) is 24.4 Å². The number of aliphatic carboxylic acids is 1. The first-order valence-electron chi connectivity index (χ1n) is 9.55. The minimum absolute atomic E-state index is 0.482. The molecule has 0 bridgehead atoms. The van der Waals surface area contributed by atoms with E-state index in [1.54, 1.807) is 12.3 Å². The van der Waals surface area contributed by atoms with Crippen LogP contribution in [-0.2, 0) is 4.79 Å². The number of likely N-dealkylation sites (tertiary alicyclic amines) is 1. The zero-order chi connectivity index (χ0) is 17.5. The lowest BCUT2D eigenvalue weighted by Gasteiger charge is -2.35. The fourth-order valence-electron chi connectivity index (χ4n) is 3.96. The summed E-state index contributed by atoms with van der Waals surface area (Å²) in [6.45, 7) is 3.64. The quantitative estimate of drug-likeness (QED) is 0.772. The van der Waals surface area contributed by atoms with Crippen LogP contribution in [0.1, 0.15) is 50.5 Å². The Morgan fingerprint density at radius 1 is 1.20 bits per heavy atom. The van der Waals surface area contributed by atoms with E-state index in [0.29, 0.717) is 6.04 Å². The van der Waals surface area contributed by atoms with Gasteiger partial charge in [-0.15, -0.1) is 0 Å². The molecule has 136 valence electrons. The summed E-state index contributed by atoms with van der Waals surface area (Å²) in [6, 6.07) is 4.30. The fourth-order valence-corrected chi connectivity index (χ4v) is 3.96. The number of rotatable bonds is 6. The number of carboxylic acids is 1. The molecule has 0 spiro atoms. The molecule has 5 heteroatoms. The van der Waals surface area contributed by atoms with Gasteiger partial charge in [0.15, 0.2) is 0 Å². The topological polar surface area (TPSA) is 65.5 Å². The minimum atomic E-state index is -0.942. The van der Waals surface area contributed by atoms with Crippen molar-refractivity contribution in [2.45, 2.75) is 51.0 Å². The van der Waals surface area contributed by atoms with E-state index in [-0.39, 0.29) is 0 Å². The number of nitrogens with zero attached hydrogens (tertiary/aromatic N) is 2.